The topological polar surface area (TPSA) is 50.4 Å². The van der Waals surface area contributed by atoms with Crippen LogP contribution in [-0.4, -0.2) is 17.6 Å². The standard InChI is InChI=1S/C18H18Cl2N2O2S/c1-11(2)10-24-14-6-3-12(4-7-14)17(23)22-18(25)21-16-9-13(19)5-8-15(16)20/h3-9,11H,10H2,1-2H3,(H2,21,22,23,25). The summed E-state index contributed by atoms with van der Waals surface area (Å²) in [5.41, 5.74) is 0.995. The first-order valence-electron chi connectivity index (χ1n) is 7.65. The molecule has 0 bridgehead atoms. The molecule has 2 aromatic rings. The molecule has 0 aliphatic heterocycles. The minimum absolute atomic E-state index is 0.134. The number of nitrogens with one attached hydrogen (secondary N) is 2. The number of halogens is 2. The molecular formula is C18H18Cl2N2O2S. The Balaban J connectivity index is 1.94. The monoisotopic (exact) mass is 396 g/mol. The van der Waals surface area contributed by atoms with Gasteiger partial charge in [-0.05, 0) is 60.6 Å². The second-order valence-electron chi connectivity index (χ2n) is 5.76. The Morgan fingerprint density at radius 2 is 1.84 bits per heavy atom. The summed E-state index contributed by atoms with van der Waals surface area (Å²) < 4.78 is 5.59. The number of anilines is 1. The van der Waals surface area contributed by atoms with Gasteiger partial charge in [-0.25, -0.2) is 0 Å². The maximum Gasteiger partial charge on any atom is 0.257 e. The van der Waals surface area contributed by atoms with E-state index < -0.39 is 0 Å². The number of rotatable bonds is 5. The smallest absolute Gasteiger partial charge is 0.257 e. The van der Waals surface area contributed by atoms with Gasteiger partial charge in [0.05, 0.1) is 17.3 Å². The number of hydrogen-bond donors (Lipinski definition) is 2. The second-order valence-corrected chi connectivity index (χ2v) is 7.01. The molecule has 0 fully saturated rings. The van der Waals surface area contributed by atoms with Crippen LogP contribution in [0.15, 0.2) is 42.5 Å². The van der Waals surface area contributed by atoms with E-state index in [0.29, 0.717) is 33.8 Å². The van der Waals surface area contributed by atoms with Crippen LogP contribution in [0.2, 0.25) is 10.0 Å². The molecule has 0 aromatic heterocycles. The lowest BCUT2D eigenvalue weighted by Gasteiger charge is -2.12. The van der Waals surface area contributed by atoms with Gasteiger partial charge in [0.2, 0.25) is 0 Å². The molecule has 25 heavy (non-hydrogen) atoms. The minimum atomic E-state index is -0.328. The third-order valence-electron chi connectivity index (χ3n) is 3.10. The predicted molar refractivity (Wildman–Crippen MR) is 107 cm³/mol. The molecule has 0 saturated carbocycles. The highest BCUT2D eigenvalue weighted by atomic mass is 35.5. The van der Waals surface area contributed by atoms with Crippen LogP contribution in [0.3, 0.4) is 0 Å². The van der Waals surface area contributed by atoms with E-state index in [1.807, 2.05) is 0 Å². The summed E-state index contributed by atoms with van der Waals surface area (Å²) in [4.78, 5) is 12.2. The van der Waals surface area contributed by atoms with Crippen LogP contribution in [0.1, 0.15) is 24.2 Å². The van der Waals surface area contributed by atoms with Crippen LogP contribution in [-0.2, 0) is 0 Å². The summed E-state index contributed by atoms with van der Waals surface area (Å²) in [5, 5.41) is 6.55. The van der Waals surface area contributed by atoms with Gasteiger partial charge in [-0.3, -0.25) is 10.1 Å². The van der Waals surface area contributed by atoms with Gasteiger partial charge in [0, 0.05) is 10.6 Å². The Morgan fingerprint density at radius 3 is 2.48 bits per heavy atom. The van der Waals surface area contributed by atoms with E-state index in [2.05, 4.69) is 24.5 Å². The Bertz CT molecular complexity index is 764. The highest BCUT2D eigenvalue weighted by molar-refractivity contribution is 7.80. The molecule has 7 heteroatoms. The van der Waals surface area contributed by atoms with E-state index in [-0.39, 0.29) is 11.0 Å². The molecule has 0 atom stereocenters. The number of ether oxygens (including phenoxy) is 1. The van der Waals surface area contributed by atoms with Gasteiger partial charge < -0.3 is 10.1 Å². The Morgan fingerprint density at radius 1 is 1.16 bits per heavy atom. The van der Waals surface area contributed by atoms with Crippen molar-refractivity contribution >= 4 is 52.1 Å². The van der Waals surface area contributed by atoms with E-state index in [0.717, 1.165) is 5.75 Å². The van der Waals surface area contributed by atoms with E-state index in [9.17, 15) is 4.79 Å². The summed E-state index contributed by atoms with van der Waals surface area (Å²) in [6.07, 6.45) is 0. The van der Waals surface area contributed by atoms with Gasteiger partial charge in [0.1, 0.15) is 5.75 Å². The van der Waals surface area contributed by atoms with E-state index in [1.165, 1.54) is 0 Å². The van der Waals surface area contributed by atoms with Crippen molar-refractivity contribution in [2.24, 2.45) is 5.92 Å². The number of carbonyl (C=O) groups excluding carboxylic acids is 1. The summed E-state index contributed by atoms with van der Waals surface area (Å²) in [6, 6.07) is 11.8. The summed E-state index contributed by atoms with van der Waals surface area (Å²) in [6.45, 7) is 4.77. The zero-order chi connectivity index (χ0) is 18.4. The molecule has 2 N–H and O–H groups in total. The number of benzene rings is 2. The van der Waals surface area contributed by atoms with Crippen molar-refractivity contribution in [1.82, 2.24) is 5.32 Å². The lowest BCUT2D eigenvalue weighted by Crippen LogP contribution is -2.34. The molecule has 0 saturated heterocycles. The summed E-state index contributed by atoms with van der Waals surface area (Å²) in [7, 11) is 0. The molecule has 0 radical (unpaired) electrons. The van der Waals surface area contributed by atoms with E-state index in [1.54, 1.807) is 42.5 Å². The third-order valence-corrected chi connectivity index (χ3v) is 3.87. The molecule has 2 aromatic carbocycles. The fraction of sp³-hybridized carbons (Fsp3) is 0.222. The van der Waals surface area contributed by atoms with Crippen LogP contribution in [0.25, 0.3) is 0 Å². The van der Waals surface area contributed by atoms with Crippen LogP contribution < -0.4 is 15.4 Å². The third kappa shape index (κ3) is 6.20. The average molecular weight is 397 g/mol. The largest absolute Gasteiger partial charge is 0.493 e. The zero-order valence-corrected chi connectivity index (χ0v) is 16.1. The van der Waals surface area contributed by atoms with Gasteiger partial charge in [0.25, 0.3) is 5.91 Å². The molecule has 4 nitrogen and oxygen atoms in total. The lowest BCUT2D eigenvalue weighted by molar-refractivity contribution is 0.0977. The van der Waals surface area contributed by atoms with Crippen molar-refractivity contribution in [1.29, 1.82) is 0 Å². The summed E-state index contributed by atoms with van der Waals surface area (Å²) in [5.74, 6) is 0.826. The minimum Gasteiger partial charge on any atom is -0.493 e. The molecule has 2 rings (SSSR count). The van der Waals surface area contributed by atoms with Crippen molar-refractivity contribution in [3.8, 4) is 5.75 Å². The second kappa shape index (κ2) is 9.04. The number of carbonyl (C=O) groups is 1. The highest BCUT2D eigenvalue weighted by Gasteiger charge is 2.10. The molecular weight excluding hydrogens is 379 g/mol. The lowest BCUT2D eigenvalue weighted by atomic mass is 10.2. The Kier molecular flexibility index (Phi) is 7.05. The molecule has 0 aliphatic carbocycles. The van der Waals surface area contributed by atoms with Crippen LogP contribution in [0, 0.1) is 5.92 Å². The summed E-state index contributed by atoms with van der Waals surface area (Å²) >= 11 is 17.1. The quantitative estimate of drug-likeness (QED) is 0.685. The van der Waals surface area contributed by atoms with E-state index in [4.69, 9.17) is 40.2 Å². The number of thiocarbonyl (C=S) groups is 1. The molecule has 0 aliphatic rings. The van der Waals surface area contributed by atoms with Gasteiger partial charge in [-0.2, -0.15) is 0 Å². The molecule has 0 spiro atoms. The fourth-order valence-corrected chi connectivity index (χ4v) is 2.43. The number of hydrogen-bond acceptors (Lipinski definition) is 3. The SMILES string of the molecule is CC(C)COc1ccc(C(=O)NC(=S)Nc2cc(Cl)ccc2Cl)cc1. The normalized spacial score (nSPS) is 10.4. The first-order chi connectivity index (χ1) is 11.8. The average Bonchev–Trinajstić information content (AvgIpc) is 2.56. The van der Waals surface area contributed by atoms with Crippen molar-refractivity contribution in [3.05, 3.63) is 58.1 Å². The van der Waals surface area contributed by atoms with Gasteiger partial charge in [-0.1, -0.05) is 37.0 Å². The van der Waals surface area contributed by atoms with Crippen molar-refractivity contribution in [3.63, 3.8) is 0 Å². The van der Waals surface area contributed by atoms with Crippen LogP contribution in [0.4, 0.5) is 5.69 Å². The molecule has 1 amide bonds. The first-order valence-corrected chi connectivity index (χ1v) is 8.82. The first kappa shape index (κ1) is 19.5. The van der Waals surface area contributed by atoms with Gasteiger partial charge >= 0.3 is 0 Å². The maximum absolute atomic E-state index is 12.2. The van der Waals surface area contributed by atoms with Crippen molar-refractivity contribution in [2.45, 2.75) is 13.8 Å². The predicted octanol–water partition coefficient (Wildman–Crippen LogP) is 5.16. The molecule has 0 heterocycles. The van der Waals surface area contributed by atoms with Crippen molar-refractivity contribution < 1.29 is 9.53 Å². The molecule has 132 valence electrons. The fourth-order valence-electron chi connectivity index (χ4n) is 1.89. The zero-order valence-electron chi connectivity index (χ0n) is 13.8. The van der Waals surface area contributed by atoms with Gasteiger partial charge in [0.15, 0.2) is 5.11 Å². The maximum atomic E-state index is 12.2. The Labute approximate surface area is 162 Å². The molecule has 0 unspecified atom stereocenters. The highest BCUT2D eigenvalue weighted by Crippen LogP contribution is 2.25. The van der Waals surface area contributed by atoms with E-state index >= 15 is 0 Å². The Hall–Kier alpha value is -1.82. The van der Waals surface area contributed by atoms with Crippen LogP contribution >= 0.6 is 35.4 Å². The number of amides is 1. The van der Waals surface area contributed by atoms with Crippen LogP contribution in [0.5, 0.6) is 5.75 Å². The van der Waals surface area contributed by atoms with Crippen molar-refractivity contribution in [2.75, 3.05) is 11.9 Å². The van der Waals surface area contributed by atoms with Gasteiger partial charge in [-0.15, -0.1) is 0 Å².